The van der Waals surface area contributed by atoms with E-state index in [-0.39, 0.29) is 5.56 Å². The molecule has 0 unspecified atom stereocenters. The largest absolute Gasteiger partial charge is 0.433 e. The Kier molecular flexibility index (Phi) is 6.11. The second kappa shape index (κ2) is 8.19. The van der Waals surface area contributed by atoms with E-state index in [4.69, 9.17) is 5.41 Å². The van der Waals surface area contributed by atoms with E-state index >= 15 is 0 Å². The molecule has 0 atom stereocenters. The zero-order valence-electron chi connectivity index (χ0n) is 15.1. The average Bonchev–Trinajstić information content (AvgIpc) is 3.15. The van der Waals surface area contributed by atoms with Gasteiger partial charge in [-0.25, -0.2) is 0 Å². The monoisotopic (exact) mass is 418 g/mol. The van der Waals surface area contributed by atoms with Gasteiger partial charge in [-0.05, 0) is 38.5 Å². The highest BCUT2D eigenvalue weighted by atomic mass is 32.2. The van der Waals surface area contributed by atoms with Gasteiger partial charge >= 0.3 is 6.18 Å². The number of aromatic nitrogens is 3. The van der Waals surface area contributed by atoms with Crippen molar-refractivity contribution in [3.8, 4) is 10.7 Å². The first-order valence-electron chi connectivity index (χ1n) is 8.54. The van der Waals surface area contributed by atoms with E-state index in [1.54, 1.807) is 30.4 Å². The van der Waals surface area contributed by atoms with E-state index in [2.05, 4.69) is 20.4 Å². The van der Waals surface area contributed by atoms with Crippen molar-refractivity contribution in [3.63, 3.8) is 0 Å². The molecular formula is C16H21F3N6S2. The Morgan fingerprint density at radius 1 is 1.37 bits per heavy atom. The smallest absolute Gasteiger partial charge is 0.379 e. The third kappa shape index (κ3) is 4.46. The van der Waals surface area contributed by atoms with Gasteiger partial charge in [-0.1, -0.05) is 11.8 Å². The molecule has 0 radical (unpaired) electrons. The number of nitrogens with zero attached hydrogens (tertiary/aromatic N) is 4. The number of hydrogen-bond acceptors (Lipinski definition) is 7. The van der Waals surface area contributed by atoms with E-state index < -0.39 is 11.9 Å². The van der Waals surface area contributed by atoms with E-state index in [9.17, 15) is 13.2 Å². The van der Waals surface area contributed by atoms with Crippen molar-refractivity contribution in [2.24, 2.45) is 7.05 Å². The van der Waals surface area contributed by atoms with Crippen molar-refractivity contribution >= 4 is 33.8 Å². The lowest BCUT2D eigenvalue weighted by Gasteiger charge is -2.30. The number of nitrogens with one attached hydrogen (secondary N) is 2. The first kappa shape index (κ1) is 20.2. The summed E-state index contributed by atoms with van der Waals surface area (Å²) in [6.07, 6.45) is -2.35. The molecule has 0 amide bonds. The Morgan fingerprint density at radius 3 is 2.70 bits per heavy atom. The van der Waals surface area contributed by atoms with Gasteiger partial charge in [0.05, 0.1) is 9.88 Å². The molecule has 6 nitrogen and oxygen atoms in total. The van der Waals surface area contributed by atoms with Crippen molar-refractivity contribution in [3.05, 3.63) is 11.6 Å². The Morgan fingerprint density at radius 2 is 2.11 bits per heavy atom. The fourth-order valence-corrected chi connectivity index (χ4v) is 4.61. The highest BCUT2D eigenvalue weighted by Crippen LogP contribution is 2.38. The zero-order chi connectivity index (χ0) is 19.6. The Balaban J connectivity index is 1.72. The molecule has 1 aliphatic rings. The highest BCUT2D eigenvalue weighted by molar-refractivity contribution is 7.99. The lowest BCUT2D eigenvalue weighted by Crippen LogP contribution is -2.37. The van der Waals surface area contributed by atoms with Crippen LogP contribution in [-0.2, 0) is 7.05 Å². The fraction of sp³-hybridized carbons (Fsp3) is 0.562. The van der Waals surface area contributed by atoms with Crippen LogP contribution in [0.1, 0.15) is 18.4 Å². The van der Waals surface area contributed by atoms with Crippen LogP contribution in [0.5, 0.6) is 0 Å². The van der Waals surface area contributed by atoms with E-state index in [1.165, 1.54) is 25.6 Å². The zero-order valence-corrected chi connectivity index (χ0v) is 16.7. The van der Waals surface area contributed by atoms with Crippen LogP contribution in [0.2, 0.25) is 0 Å². The summed E-state index contributed by atoms with van der Waals surface area (Å²) in [5, 5.41) is 19.5. The first-order valence-corrected chi connectivity index (χ1v) is 10.3. The van der Waals surface area contributed by atoms with Crippen molar-refractivity contribution in [2.75, 3.05) is 37.8 Å². The summed E-state index contributed by atoms with van der Waals surface area (Å²) in [7, 11) is 3.35. The quantitative estimate of drug-likeness (QED) is 0.389. The Bertz CT molecular complexity index is 810. The summed E-state index contributed by atoms with van der Waals surface area (Å²) in [6.45, 7) is 3.44. The number of halogens is 3. The summed E-state index contributed by atoms with van der Waals surface area (Å²) < 4.78 is 40.5. The van der Waals surface area contributed by atoms with Crippen molar-refractivity contribution in [1.82, 2.24) is 19.7 Å². The summed E-state index contributed by atoms with van der Waals surface area (Å²) in [4.78, 5) is 2.95. The lowest BCUT2D eigenvalue weighted by atomic mass is 10.1. The summed E-state index contributed by atoms with van der Waals surface area (Å²) in [6, 6.07) is 1.36. The molecule has 0 spiro atoms. The SMILES string of the molecule is CNc1sc(-c2nnc(SCCCN3CCC3)n2C)cc1C(=N)C(F)(F)F. The number of thioether (sulfide) groups is 1. The van der Waals surface area contributed by atoms with Gasteiger partial charge in [-0.15, -0.1) is 21.5 Å². The van der Waals surface area contributed by atoms with Crippen molar-refractivity contribution in [1.29, 1.82) is 5.41 Å². The van der Waals surface area contributed by atoms with Gasteiger partial charge in [0.15, 0.2) is 11.0 Å². The van der Waals surface area contributed by atoms with Gasteiger partial charge in [0.1, 0.15) is 5.71 Å². The van der Waals surface area contributed by atoms with Crippen LogP contribution < -0.4 is 5.32 Å². The molecule has 27 heavy (non-hydrogen) atoms. The third-order valence-corrected chi connectivity index (χ3v) is 6.62. The first-order chi connectivity index (χ1) is 12.8. The lowest BCUT2D eigenvalue weighted by molar-refractivity contribution is -0.0587. The van der Waals surface area contributed by atoms with E-state index in [1.807, 2.05) is 0 Å². The van der Waals surface area contributed by atoms with Gasteiger partial charge in [0, 0.05) is 25.4 Å². The second-order valence-corrected chi connectivity index (χ2v) is 8.35. The van der Waals surface area contributed by atoms with Gasteiger partial charge in [0.2, 0.25) is 0 Å². The number of likely N-dealkylation sites (tertiary alicyclic amines) is 1. The molecule has 2 N–H and O–H groups in total. The predicted octanol–water partition coefficient (Wildman–Crippen LogP) is 3.70. The number of thiophene rings is 1. The minimum absolute atomic E-state index is 0.170. The van der Waals surface area contributed by atoms with Crippen LogP contribution in [0.25, 0.3) is 10.7 Å². The van der Waals surface area contributed by atoms with Gasteiger partial charge in [-0.2, -0.15) is 13.2 Å². The second-order valence-electron chi connectivity index (χ2n) is 6.24. The highest BCUT2D eigenvalue weighted by Gasteiger charge is 2.37. The molecule has 148 valence electrons. The summed E-state index contributed by atoms with van der Waals surface area (Å²) >= 11 is 2.73. The van der Waals surface area contributed by atoms with Gasteiger partial charge in [0.25, 0.3) is 0 Å². The maximum atomic E-state index is 12.9. The molecule has 0 bridgehead atoms. The molecule has 3 heterocycles. The summed E-state index contributed by atoms with van der Waals surface area (Å²) in [5.41, 5.74) is -1.53. The number of rotatable bonds is 8. The van der Waals surface area contributed by atoms with Gasteiger partial charge < -0.3 is 14.8 Å². The van der Waals surface area contributed by atoms with E-state index in [0.29, 0.717) is 15.7 Å². The Labute approximate surface area is 163 Å². The molecule has 0 saturated carbocycles. The average molecular weight is 419 g/mol. The van der Waals surface area contributed by atoms with Gasteiger partial charge in [-0.3, -0.25) is 5.41 Å². The molecular weight excluding hydrogens is 397 g/mol. The molecule has 0 aromatic carbocycles. The minimum Gasteiger partial charge on any atom is -0.379 e. The van der Waals surface area contributed by atoms with Crippen LogP contribution in [0.4, 0.5) is 18.2 Å². The molecule has 2 aromatic rings. The predicted molar refractivity (Wildman–Crippen MR) is 103 cm³/mol. The maximum absolute atomic E-state index is 12.9. The topological polar surface area (TPSA) is 69.8 Å². The number of anilines is 1. The van der Waals surface area contributed by atoms with Crippen molar-refractivity contribution in [2.45, 2.75) is 24.2 Å². The standard InChI is InChI=1S/C16H21F3N6S2/c1-21-14-10(12(20)16(17,18)19)9-11(27-14)13-22-23-15(24(13)2)26-8-4-7-25-5-3-6-25/h9,20-21H,3-8H2,1-2H3. The van der Waals surface area contributed by atoms with E-state index in [0.717, 1.165) is 35.2 Å². The van der Waals surface area contributed by atoms with Crippen LogP contribution in [0.15, 0.2) is 11.2 Å². The van der Waals surface area contributed by atoms with Crippen molar-refractivity contribution < 1.29 is 13.2 Å². The maximum Gasteiger partial charge on any atom is 0.433 e. The molecule has 11 heteroatoms. The summed E-state index contributed by atoms with van der Waals surface area (Å²) in [5.74, 6) is 1.42. The van der Waals surface area contributed by atoms with Crippen LogP contribution in [0.3, 0.4) is 0 Å². The fourth-order valence-electron chi connectivity index (χ4n) is 2.74. The molecule has 1 aliphatic heterocycles. The Hall–Kier alpha value is -1.59. The molecule has 0 aliphatic carbocycles. The minimum atomic E-state index is -4.69. The molecule has 3 rings (SSSR count). The van der Waals surface area contributed by atoms with Crippen LogP contribution >= 0.6 is 23.1 Å². The molecule has 1 fully saturated rings. The molecule has 2 aromatic heterocycles. The third-order valence-electron chi connectivity index (χ3n) is 4.37. The number of hydrogen-bond donors (Lipinski definition) is 2. The van der Waals surface area contributed by atoms with Crippen LogP contribution in [0, 0.1) is 5.41 Å². The number of alkyl halides is 3. The van der Waals surface area contributed by atoms with Crippen LogP contribution in [-0.4, -0.2) is 64.0 Å². The molecule has 1 saturated heterocycles. The normalized spacial score (nSPS) is 15.0.